The Hall–Kier alpha value is -0.620. The van der Waals surface area contributed by atoms with Crippen LogP contribution in [-0.2, 0) is 21.3 Å². The highest BCUT2D eigenvalue weighted by Gasteiger charge is 2.33. The van der Waals surface area contributed by atoms with Crippen LogP contribution in [0.4, 0.5) is 0 Å². The van der Waals surface area contributed by atoms with E-state index in [1.54, 1.807) is 4.31 Å². The minimum absolute atomic E-state index is 0.123. The first kappa shape index (κ1) is 16.2. The molecule has 0 bridgehead atoms. The Morgan fingerprint density at radius 1 is 1.18 bits per heavy atom. The highest BCUT2D eigenvalue weighted by atomic mass is 35.5. The fourth-order valence-corrected chi connectivity index (χ4v) is 4.84. The van der Waals surface area contributed by atoms with Crippen LogP contribution in [0.15, 0.2) is 24.3 Å². The maximum atomic E-state index is 12.8. The number of benzene rings is 1. The van der Waals surface area contributed by atoms with Crippen LogP contribution in [0.2, 0.25) is 5.02 Å². The van der Waals surface area contributed by atoms with Crippen molar-refractivity contribution in [2.75, 3.05) is 25.5 Å². The SMILES string of the molecule is O=S(=O)(C[C@@H]1CCOC1)N(Cc1ccccc1Cl)CC1CC1. The third-order valence-electron chi connectivity index (χ3n) is 4.33. The van der Waals surface area contributed by atoms with Gasteiger partial charge in [-0.15, -0.1) is 0 Å². The van der Waals surface area contributed by atoms with Gasteiger partial charge in [-0.05, 0) is 42.7 Å². The largest absolute Gasteiger partial charge is 0.381 e. The quantitative estimate of drug-likeness (QED) is 0.764. The summed E-state index contributed by atoms with van der Waals surface area (Å²) in [5.41, 5.74) is 0.871. The molecule has 1 saturated carbocycles. The first-order chi connectivity index (χ1) is 10.5. The first-order valence-corrected chi connectivity index (χ1v) is 9.82. The fraction of sp³-hybridized carbons (Fsp3) is 0.625. The van der Waals surface area contributed by atoms with E-state index in [4.69, 9.17) is 16.3 Å². The Labute approximate surface area is 137 Å². The summed E-state index contributed by atoms with van der Waals surface area (Å²) < 4.78 is 32.5. The number of nitrogens with zero attached hydrogens (tertiary/aromatic N) is 1. The Balaban J connectivity index is 1.74. The van der Waals surface area contributed by atoms with E-state index in [9.17, 15) is 8.42 Å². The number of ether oxygens (including phenoxy) is 1. The predicted octanol–water partition coefficient (Wildman–Crippen LogP) is 2.92. The Kier molecular flexibility index (Phi) is 5.07. The van der Waals surface area contributed by atoms with Crippen molar-refractivity contribution in [2.24, 2.45) is 11.8 Å². The molecule has 3 rings (SSSR count). The van der Waals surface area contributed by atoms with Crippen LogP contribution in [0, 0.1) is 11.8 Å². The van der Waals surface area contributed by atoms with Crippen molar-refractivity contribution in [3.05, 3.63) is 34.9 Å². The molecule has 4 nitrogen and oxygen atoms in total. The zero-order chi connectivity index (χ0) is 15.6. The van der Waals surface area contributed by atoms with Gasteiger partial charge in [0.25, 0.3) is 0 Å². The van der Waals surface area contributed by atoms with Gasteiger partial charge in [0.1, 0.15) is 0 Å². The van der Waals surface area contributed by atoms with Crippen molar-refractivity contribution >= 4 is 21.6 Å². The number of rotatable bonds is 7. The molecule has 1 aromatic carbocycles. The van der Waals surface area contributed by atoms with Gasteiger partial charge in [0.15, 0.2) is 0 Å². The van der Waals surface area contributed by atoms with E-state index in [0.717, 1.165) is 24.8 Å². The lowest BCUT2D eigenvalue weighted by Crippen LogP contribution is -2.36. The summed E-state index contributed by atoms with van der Waals surface area (Å²) in [7, 11) is -3.28. The third kappa shape index (κ3) is 4.22. The standard InChI is InChI=1S/C16H22ClNO3S/c17-16-4-2-1-3-15(16)10-18(9-13-5-6-13)22(19,20)12-14-7-8-21-11-14/h1-4,13-14H,5-12H2/t14-/m1/s1. The van der Waals surface area contributed by atoms with E-state index in [0.29, 0.717) is 37.2 Å². The molecule has 0 radical (unpaired) electrons. The summed E-state index contributed by atoms with van der Waals surface area (Å²) in [6.45, 7) is 2.21. The smallest absolute Gasteiger partial charge is 0.214 e. The highest BCUT2D eigenvalue weighted by Crippen LogP contribution is 2.32. The van der Waals surface area contributed by atoms with Crippen molar-refractivity contribution in [3.8, 4) is 0 Å². The molecule has 2 fully saturated rings. The van der Waals surface area contributed by atoms with Gasteiger partial charge >= 0.3 is 0 Å². The molecule has 1 heterocycles. The summed E-state index contributed by atoms with van der Waals surface area (Å²) in [5.74, 6) is 0.819. The van der Waals surface area contributed by atoms with Crippen LogP contribution in [0.1, 0.15) is 24.8 Å². The van der Waals surface area contributed by atoms with E-state index in [1.165, 1.54) is 0 Å². The van der Waals surface area contributed by atoms with Crippen LogP contribution < -0.4 is 0 Å². The molecule has 1 atom stereocenters. The molecule has 0 aromatic heterocycles. The van der Waals surface area contributed by atoms with Gasteiger partial charge in [0, 0.05) is 24.7 Å². The van der Waals surface area contributed by atoms with Crippen LogP contribution in [-0.4, -0.2) is 38.2 Å². The summed E-state index contributed by atoms with van der Waals surface area (Å²) in [4.78, 5) is 0. The monoisotopic (exact) mass is 343 g/mol. The fourth-order valence-electron chi connectivity index (χ4n) is 2.80. The molecule has 1 saturated heterocycles. The molecule has 22 heavy (non-hydrogen) atoms. The summed E-state index contributed by atoms with van der Waals surface area (Å²) in [6.07, 6.45) is 3.09. The van der Waals surface area contributed by atoms with Gasteiger partial charge in [-0.25, -0.2) is 8.42 Å². The third-order valence-corrected chi connectivity index (χ3v) is 6.65. The van der Waals surface area contributed by atoms with Gasteiger partial charge in [0.2, 0.25) is 10.0 Å². The van der Waals surface area contributed by atoms with Crippen LogP contribution >= 0.6 is 11.6 Å². The number of hydrogen-bond donors (Lipinski definition) is 0. The molecule has 0 unspecified atom stereocenters. The summed E-state index contributed by atoms with van der Waals surface area (Å²) in [5, 5.41) is 0.627. The molecule has 1 aliphatic heterocycles. The molecule has 0 amide bonds. The maximum absolute atomic E-state index is 12.8. The Bertz CT molecular complexity index is 610. The van der Waals surface area contributed by atoms with E-state index in [1.807, 2.05) is 24.3 Å². The molecule has 122 valence electrons. The van der Waals surface area contributed by atoms with Crippen molar-refractivity contribution in [2.45, 2.75) is 25.8 Å². The van der Waals surface area contributed by atoms with E-state index in [-0.39, 0.29) is 11.7 Å². The second kappa shape index (κ2) is 6.87. The summed E-state index contributed by atoms with van der Waals surface area (Å²) >= 11 is 6.20. The molecule has 6 heteroatoms. The van der Waals surface area contributed by atoms with Crippen molar-refractivity contribution < 1.29 is 13.2 Å². The molecule has 1 aromatic rings. The van der Waals surface area contributed by atoms with Crippen LogP contribution in [0.3, 0.4) is 0 Å². The lowest BCUT2D eigenvalue weighted by atomic mass is 10.2. The maximum Gasteiger partial charge on any atom is 0.214 e. The van der Waals surface area contributed by atoms with Crippen molar-refractivity contribution in [3.63, 3.8) is 0 Å². The van der Waals surface area contributed by atoms with E-state index in [2.05, 4.69) is 0 Å². The minimum Gasteiger partial charge on any atom is -0.381 e. The molecule has 1 aliphatic carbocycles. The highest BCUT2D eigenvalue weighted by molar-refractivity contribution is 7.89. The lowest BCUT2D eigenvalue weighted by molar-refractivity contribution is 0.188. The van der Waals surface area contributed by atoms with Gasteiger partial charge < -0.3 is 4.74 Å². The molecule has 0 spiro atoms. The van der Waals surface area contributed by atoms with E-state index >= 15 is 0 Å². The van der Waals surface area contributed by atoms with Crippen LogP contribution in [0.5, 0.6) is 0 Å². The molecular weight excluding hydrogens is 322 g/mol. The second-order valence-corrected chi connectivity index (χ2v) is 8.76. The van der Waals surface area contributed by atoms with Gasteiger partial charge in [-0.3, -0.25) is 0 Å². The minimum atomic E-state index is -3.28. The zero-order valence-corrected chi connectivity index (χ0v) is 14.2. The molecular formula is C16H22ClNO3S. The van der Waals surface area contributed by atoms with Crippen molar-refractivity contribution in [1.82, 2.24) is 4.31 Å². The Morgan fingerprint density at radius 3 is 2.59 bits per heavy atom. The normalized spacial score (nSPS) is 22.4. The number of sulfonamides is 1. The Morgan fingerprint density at radius 2 is 1.95 bits per heavy atom. The molecule has 2 aliphatic rings. The second-order valence-electron chi connectivity index (χ2n) is 6.34. The average molecular weight is 344 g/mol. The summed E-state index contributed by atoms with van der Waals surface area (Å²) in [6, 6.07) is 7.47. The zero-order valence-electron chi connectivity index (χ0n) is 12.6. The average Bonchev–Trinajstić information content (AvgIpc) is 3.15. The van der Waals surface area contributed by atoms with Crippen molar-refractivity contribution in [1.29, 1.82) is 0 Å². The first-order valence-electron chi connectivity index (χ1n) is 7.83. The van der Waals surface area contributed by atoms with Gasteiger partial charge in [0.05, 0.1) is 12.4 Å². The van der Waals surface area contributed by atoms with Crippen LogP contribution in [0.25, 0.3) is 0 Å². The van der Waals surface area contributed by atoms with E-state index < -0.39 is 10.0 Å². The van der Waals surface area contributed by atoms with Gasteiger partial charge in [-0.1, -0.05) is 29.8 Å². The number of hydrogen-bond acceptors (Lipinski definition) is 3. The number of halogens is 1. The van der Waals surface area contributed by atoms with Gasteiger partial charge in [-0.2, -0.15) is 4.31 Å². The predicted molar refractivity (Wildman–Crippen MR) is 87.3 cm³/mol. The topological polar surface area (TPSA) is 46.6 Å². The lowest BCUT2D eigenvalue weighted by Gasteiger charge is -2.24. The molecule has 0 N–H and O–H groups in total.